The van der Waals surface area contributed by atoms with E-state index in [0.29, 0.717) is 0 Å². The predicted molar refractivity (Wildman–Crippen MR) is 97.7 cm³/mol. The van der Waals surface area contributed by atoms with Gasteiger partial charge in [-0.05, 0) is 55.7 Å². The Kier molecular flexibility index (Phi) is 3.12. The predicted octanol–water partition coefficient (Wildman–Crippen LogP) is 4.01. The summed E-state index contributed by atoms with van der Waals surface area (Å²) in [6, 6.07) is 12.1. The highest BCUT2D eigenvalue weighted by molar-refractivity contribution is 5.97. The summed E-state index contributed by atoms with van der Waals surface area (Å²) in [6.07, 6.45) is 6.73. The van der Waals surface area contributed by atoms with Crippen molar-refractivity contribution < 1.29 is 9.84 Å². The average Bonchev–Trinajstić information content (AvgIpc) is 3.21. The van der Waals surface area contributed by atoms with E-state index in [9.17, 15) is 5.11 Å². The number of H-pyrrole nitrogens is 2. The van der Waals surface area contributed by atoms with Crippen LogP contribution in [-0.4, -0.2) is 32.3 Å². The maximum Gasteiger partial charge on any atom is 0.137 e. The van der Waals surface area contributed by atoms with Gasteiger partial charge in [0.25, 0.3) is 0 Å². The summed E-state index contributed by atoms with van der Waals surface area (Å²) in [5.74, 6) is 0.802. The van der Waals surface area contributed by atoms with Gasteiger partial charge in [-0.1, -0.05) is 0 Å². The van der Waals surface area contributed by atoms with E-state index in [1.165, 1.54) is 0 Å². The van der Waals surface area contributed by atoms with Crippen molar-refractivity contribution in [2.45, 2.75) is 24.9 Å². The molecule has 5 nitrogen and oxygen atoms in total. The number of nitrogens with one attached hydrogen (secondary N) is 2. The highest BCUT2D eigenvalue weighted by Crippen LogP contribution is 2.38. The summed E-state index contributed by atoms with van der Waals surface area (Å²) in [5, 5.41) is 11.8. The van der Waals surface area contributed by atoms with Crippen LogP contribution >= 0.6 is 0 Å². The van der Waals surface area contributed by atoms with Gasteiger partial charge in [0.2, 0.25) is 0 Å². The fourth-order valence-electron chi connectivity index (χ4n) is 3.60. The molecule has 0 amide bonds. The van der Waals surface area contributed by atoms with E-state index in [0.717, 1.165) is 58.2 Å². The molecule has 5 rings (SSSR count). The van der Waals surface area contributed by atoms with Crippen molar-refractivity contribution in [2.24, 2.45) is 0 Å². The normalized spacial score (nSPS) is 16.2. The molecule has 4 aromatic rings. The molecule has 1 aliphatic carbocycles. The van der Waals surface area contributed by atoms with Crippen LogP contribution < -0.4 is 4.74 Å². The monoisotopic (exact) mass is 333 g/mol. The second kappa shape index (κ2) is 5.36. The fraction of sp³-hybridized carbons (Fsp3) is 0.250. The van der Waals surface area contributed by atoms with Crippen LogP contribution in [0.3, 0.4) is 0 Å². The molecule has 0 spiro atoms. The van der Waals surface area contributed by atoms with E-state index < -0.39 is 5.60 Å². The molecule has 0 atom stereocenters. The molecule has 1 saturated carbocycles. The summed E-state index contributed by atoms with van der Waals surface area (Å²) in [4.78, 5) is 11.1. The van der Waals surface area contributed by atoms with Crippen LogP contribution in [0.4, 0.5) is 0 Å². The fourth-order valence-corrected chi connectivity index (χ4v) is 3.60. The zero-order valence-electron chi connectivity index (χ0n) is 13.7. The van der Waals surface area contributed by atoms with Crippen molar-refractivity contribution in [3.63, 3.8) is 0 Å². The Bertz CT molecular complexity index is 1020. The lowest BCUT2D eigenvalue weighted by Gasteiger charge is -2.40. The van der Waals surface area contributed by atoms with Gasteiger partial charge >= 0.3 is 0 Å². The first-order valence-corrected chi connectivity index (χ1v) is 8.62. The Morgan fingerprint density at radius 3 is 2.88 bits per heavy atom. The number of ether oxygens (including phenoxy) is 1. The van der Waals surface area contributed by atoms with Crippen molar-refractivity contribution in [3.05, 3.63) is 48.8 Å². The van der Waals surface area contributed by atoms with Crippen LogP contribution in [0.5, 0.6) is 5.75 Å². The third kappa shape index (κ3) is 2.31. The Hall–Kier alpha value is -2.79. The molecule has 3 N–H and O–H groups in total. The number of fused-ring (bicyclic) bond motifs is 2. The molecular weight excluding hydrogens is 314 g/mol. The van der Waals surface area contributed by atoms with Crippen LogP contribution in [0.2, 0.25) is 0 Å². The number of nitrogens with zero attached hydrogens (tertiary/aromatic N) is 1. The minimum atomic E-state index is -0.394. The average molecular weight is 333 g/mol. The van der Waals surface area contributed by atoms with Crippen molar-refractivity contribution in [3.8, 4) is 17.0 Å². The Morgan fingerprint density at radius 2 is 2.12 bits per heavy atom. The molecule has 1 aliphatic rings. The van der Waals surface area contributed by atoms with Gasteiger partial charge in [-0.2, -0.15) is 0 Å². The molecule has 25 heavy (non-hydrogen) atoms. The number of rotatable bonds is 4. The lowest BCUT2D eigenvalue weighted by Crippen LogP contribution is -2.46. The van der Waals surface area contributed by atoms with Crippen LogP contribution in [-0.2, 0) is 0 Å². The maximum atomic E-state index is 9.64. The van der Waals surface area contributed by atoms with E-state index in [1.54, 1.807) is 6.20 Å². The van der Waals surface area contributed by atoms with Crippen LogP contribution in [0.25, 0.3) is 33.2 Å². The molecule has 3 aromatic heterocycles. The minimum Gasteiger partial charge on any atom is -0.485 e. The van der Waals surface area contributed by atoms with Gasteiger partial charge < -0.3 is 19.8 Å². The molecule has 3 heterocycles. The summed E-state index contributed by atoms with van der Waals surface area (Å²) >= 11 is 0. The largest absolute Gasteiger partial charge is 0.485 e. The van der Waals surface area contributed by atoms with Crippen molar-refractivity contribution in [2.75, 3.05) is 6.61 Å². The Labute approximate surface area is 144 Å². The molecule has 0 radical (unpaired) electrons. The van der Waals surface area contributed by atoms with E-state index in [4.69, 9.17) is 4.74 Å². The van der Waals surface area contributed by atoms with Gasteiger partial charge in [-0.15, -0.1) is 0 Å². The lowest BCUT2D eigenvalue weighted by atomic mass is 9.80. The van der Waals surface area contributed by atoms with Crippen LogP contribution in [0.15, 0.2) is 48.8 Å². The second-order valence-corrected chi connectivity index (χ2v) is 6.83. The Balaban J connectivity index is 1.58. The third-order valence-electron chi connectivity index (χ3n) is 5.22. The van der Waals surface area contributed by atoms with Crippen molar-refractivity contribution in [1.29, 1.82) is 0 Å². The number of pyridine rings is 1. The third-order valence-corrected chi connectivity index (χ3v) is 5.22. The second-order valence-electron chi connectivity index (χ2n) is 6.83. The first-order valence-electron chi connectivity index (χ1n) is 8.62. The first kappa shape index (κ1) is 14.5. The standard InChI is InChI=1S/C20H19N3O2/c24-12-20(6-2-7-20)25-14-4-5-17-15(10-14)16(11-22-17)18-9-13-3-1-8-21-19(13)23-18/h1,3-5,8-11,22,24H,2,6-7,12H2,(H,21,23). The minimum absolute atomic E-state index is 0.0682. The van der Waals surface area contributed by atoms with E-state index >= 15 is 0 Å². The molecule has 0 unspecified atom stereocenters. The molecule has 1 fully saturated rings. The van der Waals surface area contributed by atoms with Crippen molar-refractivity contribution in [1.82, 2.24) is 15.0 Å². The van der Waals surface area contributed by atoms with Crippen LogP contribution in [0, 0.1) is 0 Å². The Morgan fingerprint density at radius 1 is 1.20 bits per heavy atom. The molecule has 126 valence electrons. The molecule has 0 bridgehead atoms. The van der Waals surface area contributed by atoms with Gasteiger partial charge in [0.15, 0.2) is 0 Å². The summed E-state index contributed by atoms with van der Waals surface area (Å²) < 4.78 is 6.13. The molecule has 0 saturated heterocycles. The van der Waals surface area contributed by atoms with Gasteiger partial charge in [-0.25, -0.2) is 4.98 Å². The number of aromatic amines is 2. The zero-order chi connectivity index (χ0) is 16.9. The summed E-state index contributed by atoms with van der Waals surface area (Å²) in [5.41, 5.74) is 3.66. The number of aliphatic hydroxyl groups is 1. The lowest BCUT2D eigenvalue weighted by molar-refractivity contribution is -0.0514. The number of benzene rings is 1. The molecular formula is C20H19N3O2. The van der Waals surface area contributed by atoms with Gasteiger partial charge in [-0.3, -0.25) is 0 Å². The SMILES string of the molecule is OCC1(Oc2ccc3[nH]cc(-c4cc5cccnc5[nH]4)c3c2)CCC1. The summed E-state index contributed by atoms with van der Waals surface area (Å²) in [6.45, 7) is 0.0682. The molecule has 5 heteroatoms. The number of aliphatic hydroxyl groups excluding tert-OH is 1. The van der Waals surface area contributed by atoms with E-state index in [-0.39, 0.29) is 6.61 Å². The smallest absolute Gasteiger partial charge is 0.137 e. The van der Waals surface area contributed by atoms with Crippen LogP contribution in [0.1, 0.15) is 19.3 Å². The number of aromatic nitrogens is 3. The topological polar surface area (TPSA) is 73.9 Å². The highest BCUT2D eigenvalue weighted by atomic mass is 16.5. The zero-order valence-corrected chi connectivity index (χ0v) is 13.7. The van der Waals surface area contributed by atoms with Crippen molar-refractivity contribution >= 4 is 21.9 Å². The van der Waals surface area contributed by atoms with Gasteiger partial charge in [0.1, 0.15) is 17.0 Å². The molecule has 0 aliphatic heterocycles. The maximum absolute atomic E-state index is 9.64. The first-order chi connectivity index (χ1) is 12.3. The summed E-state index contributed by atoms with van der Waals surface area (Å²) in [7, 11) is 0. The van der Waals surface area contributed by atoms with Gasteiger partial charge in [0, 0.05) is 39.9 Å². The van der Waals surface area contributed by atoms with E-state index in [1.807, 2.05) is 30.5 Å². The molecule has 1 aromatic carbocycles. The van der Waals surface area contributed by atoms with E-state index in [2.05, 4.69) is 27.1 Å². The number of hydrogen-bond donors (Lipinski definition) is 3. The number of hydrogen-bond acceptors (Lipinski definition) is 3. The van der Waals surface area contributed by atoms with Gasteiger partial charge in [0.05, 0.1) is 6.61 Å². The quantitative estimate of drug-likeness (QED) is 0.528. The highest BCUT2D eigenvalue weighted by Gasteiger charge is 2.38.